The molecule has 0 spiro atoms. The molecule has 0 aliphatic carbocycles. The zero-order chi connectivity index (χ0) is 13.2. The Labute approximate surface area is 109 Å². The van der Waals surface area contributed by atoms with E-state index in [1.165, 1.54) is 0 Å². The summed E-state index contributed by atoms with van der Waals surface area (Å²) < 4.78 is 5.74. The number of carbonyl (C=O) groups is 1. The largest absolute Gasteiger partial charge is 0.488 e. The molecule has 1 amide bonds. The van der Waals surface area contributed by atoms with Crippen LogP contribution in [-0.4, -0.2) is 29.5 Å². The highest BCUT2D eigenvalue weighted by Crippen LogP contribution is 2.20. The van der Waals surface area contributed by atoms with Gasteiger partial charge in [0.25, 0.3) is 5.91 Å². The molecule has 0 saturated carbocycles. The van der Waals surface area contributed by atoms with Gasteiger partial charge in [-0.1, -0.05) is 0 Å². The predicted octanol–water partition coefficient (Wildman–Crippen LogP) is 3.10. The van der Waals surface area contributed by atoms with Gasteiger partial charge in [-0.2, -0.15) is 0 Å². The molecule has 0 aromatic heterocycles. The van der Waals surface area contributed by atoms with Gasteiger partial charge in [0.15, 0.2) is 0 Å². The number of likely N-dealkylation sites (tertiary alicyclic amines) is 1. The van der Waals surface area contributed by atoms with Gasteiger partial charge in [-0.25, -0.2) is 0 Å². The molecule has 1 fully saturated rings. The summed E-state index contributed by atoms with van der Waals surface area (Å²) in [6.07, 6.45) is 2.24. The first-order chi connectivity index (χ1) is 8.46. The third kappa shape index (κ3) is 3.25. The maximum Gasteiger partial charge on any atom is 0.253 e. The van der Waals surface area contributed by atoms with Crippen molar-refractivity contribution in [2.45, 2.75) is 39.2 Å². The molecule has 18 heavy (non-hydrogen) atoms. The quantitative estimate of drug-likeness (QED) is 0.803. The fourth-order valence-electron chi connectivity index (χ4n) is 2.12. The average molecular weight is 247 g/mol. The van der Waals surface area contributed by atoms with Gasteiger partial charge in [-0.05, 0) is 57.9 Å². The minimum absolute atomic E-state index is 0.134. The van der Waals surface area contributed by atoms with E-state index in [-0.39, 0.29) is 11.5 Å². The number of benzene rings is 1. The number of amides is 1. The van der Waals surface area contributed by atoms with E-state index in [9.17, 15) is 4.79 Å². The van der Waals surface area contributed by atoms with Crippen LogP contribution in [0.2, 0.25) is 0 Å². The number of rotatable bonds is 2. The van der Waals surface area contributed by atoms with Crippen molar-refractivity contribution < 1.29 is 9.53 Å². The Balaban J connectivity index is 2.05. The molecule has 0 atom stereocenters. The lowest BCUT2D eigenvalue weighted by atomic mass is 10.1. The van der Waals surface area contributed by atoms with Crippen LogP contribution >= 0.6 is 0 Å². The minimum atomic E-state index is -0.208. The number of hydrogen-bond acceptors (Lipinski definition) is 2. The van der Waals surface area contributed by atoms with Crippen LogP contribution in [-0.2, 0) is 0 Å². The number of hydrogen-bond donors (Lipinski definition) is 0. The molecule has 98 valence electrons. The Kier molecular flexibility index (Phi) is 3.60. The SMILES string of the molecule is CC(C)(C)Oc1ccc(C(=O)N2CCCC2)cc1. The van der Waals surface area contributed by atoms with E-state index >= 15 is 0 Å². The summed E-state index contributed by atoms with van der Waals surface area (Å²) in [5.41, 5.74) is 0.540. The van der Waals surface area contributed by atoms with Crippen molar-refractivity contribution in [3.05, 3.63) is 29.8 Å². The molecule has 0 unspecified atom stereocenters. The fraction of sp³-hybridized carbons (Fsp3) is 0.533. The van der Waals surface area contributed by atoms with Crippen LogP contribution in [0.5, 0.6) is 5.75 Å². The Hall–Kier alpha value is -1.51. The summed E-state index contributed by atoms with van der Waals surface area (Å²) >= 11 is 0. The molecule has 1 aliphatic rings. The zero-order valence-electron chi connectivity index (χ0n) is 11.4. The monoisotopic (exact) mass is 247 g/mol. The molecule has 0 N–H and O–H groups in total. The molecule has 0 bridgehead atoms. The topological polar surface area (TPSA) is 29.5 Å². The van der Waals surface area contributed by atoms with E-state index in [0.717, 1.165) is 37.2 Å². The first-order valence-electron chi connectivity index (χ1n) is 6.54. The van der Waals surface area contributed by atoms with E-state index in [1.807, 2.05) is 49.9 Å². The molecule has 0 radical (unpaired) electrons. The summed E-state index contributed by atoms with van der Waals surface area (Å²) in [6.45, 7) is 7.81. The molecular formula is C15H21NO2. The third-order valence-electron chi connectivity index (χ3n) is 2.92. The summed E-state index contributed by atoms with van der Waals surface area (Å²) in [4.78, 5) is 14.0. The van der Waals surface area contributed by atoms with Crippen LogP contribution < -0.4 is 4.74 Å². The highest BCUT2D eigenvalue weighted by molar-refractivity contribution is 5.94. The molecular weight excluding hydrogens is 226 g/mol. The summed E-state index contributed by atoms with van der Waals surface area (Å²) in [7, 11) is 0. The van der Waals surface area contributed by atoms with Gasteiger partial charge < -0.3 is 9.64 Å². The highest BCUT2D eigenvalue weighted by atomic mass is 16.5. The van der Waals surface area contributed by atoms with Gasteiger partial charge in [-0.15, -0.1) is 0 Å². The molecule has 3 nitrogen and oxygen atoms in total. The molecule has 1 aromatic carbocycles. The first kappa shape index (κ1) is 12.9. The molecule has 3 heteroatoms. The van der Waals surface area contributed by atoms with Crippen LogP contribution in [0.3, 0.4) is 0 Å². The molecule has 1 aliphatic heterocycles. The van der Waals surface area contributed by atoms with Gasteiger partial charge in [0.1, 0.15) is 11.4 Å². The van der Waals surface area contributed by atoms with Gasteiger partial charge in [0, 0.05) is 18.7 Å². The molecule has 2 rings (SSSR count). The lowest BCUT2D eigenvalue weighted by Crippen LogP contribution is -2.27. The second-order valence-corrected chi connectivity index (χ2v) is 5.74. The second kappa shape index (κ2) is 5.01. The maximum atomic E-state index is 12.1. The van der Waals surface area contributed by atoms with E-state index in [4.69, 9.17) is 4.74 Å². The van der Waals surface area contributed by atoms with E-state index in [2.05, 4.69) is 0 Å². The second-order valence-electron chi connectivity index (χ2n) is 5.74. The van der Waals surface area contributed by atoms with Crippen LogP contribution in [0.15, 0.2) is 24.3 Å². The van der Waals surface area contributed by atoms with Gasteiger partial charge in [0.2, 0.25) is 0 Å². The van der Waals surface area contributed by atoms with E-state index in [0.29, 0.717) is 0 Å². The van der Waals surface area contributed by atoms with Gasteiger partial charge in [-0.3, -0.25) is 4.79 Å². The van der Waals surface area contributed by atoms with Gasteiger partial charge in [0.05, 0.1) is 0 Å². The highest BCUT2D eigenvalue weighted by Gasteiger charge is 2.19. The van der Waals surface area contributed by atoms with Crippen molar-refractivity contribution in [3.8, 4) is 5.75 Å². The van der Waals surface area contributed by atoms with Crippen molar-refractivity contribution in [2.75, 3.05) is 13.1 Å². The van der Waals surface area contributed by atoms with Gasteiger partial charge >= 0.3 is 0 Å². The smallest absolute Gasteiger partial charge is 0.253 e. The van der Waals surface area contributed by atoms with Crippen LogP contribution in [0.1, 0.15) is 44.0 Å². The normalized spacial score (nSPS) is 15.8. The summed E-state index contributed by atoms with van der Waals surface area (Å²) in [5.74, 6) is 0.940. The Morgan fingerprint density at radius 1 is 1.11 bits per heavy atom. The average Bonchev–Trinajstić information content (AvgIpc) is 2.80. The number of carbonyl (C=O) groups excluding carboxylic acids is 1. The van der Waals surface area contributed by atoms with Crippen molar-refractivity contribution in [1.29, 1.82) is 0 Å². The maximum absolute atomic E-state index is 12.1. The van der Waals surface area contributed by atoms with E-state index in [1.54, 1.807) is 0 Å². The minimum Gasteiger partial charge on any atom is -0.488 e. The van der Waals surface area contributed by atoms with Crippen molar-refractivity contribution in [2.24, 2.45) is 0 Å². The number of nitrogens with zero attached hydrogens (tertiary/aromatic N) is 1. The standard InChI is InChI=1S/C15H21NO2/c1-15(2,3)18-13-8-6-12(7-9-13)14(17)16-10-4-5-11-16/h6-9H,4-5,10-11H2,1-3H3. The lowest BCUT2D eigenvalue weighted by Gasteiger charge is -2.21. The number of ether oxygens (including phenoxy) is 1. The van der Waals surface area contributed by atoms with Crippen LogP contribution in [0.4, 0.5) is 0 Å². The fourth-order valence-corrected chi connectivity index (χ4v) is 2.12. The van der Waals surface area contributed by atoms with Crippen molar-refractivity contribution in [1.82, 2.24) is 4.90 Å². The third-order valence-corrected chi connectivity index (χ3v) is 2.92. The summed E-state index contributed by atoms with van der Waals surface area (Å²) in [5, 5.41) is 0. The van der Waals surface area contributed by atoms with Crippen LogP contribution in [0.25, 0.3) is 0 Å². The zero-order valence-corrected chi connectivity index (χ0v) is 11.4. The molecule has 1 saturated heterocycles. The van der Waals surface area contributed by atoms with Crippen molar-refractivity contribution >= 4 is 5.91 Å². The first-order valence-corrected chi connectivity index (χ1v) is 6.54. The Bertz CT molecular complexity index is 411. The predicted molar refractivity (Wildman–Crippen MR) is 72.0 cm³/mol. The van der Waals surface area contributed by atoms with Crippen molar-refractivity contribution in [3.63, 3.8) is 0 Å². The Morgan fingerprint density at radius 3 is 2.17 bits per heavy atom. The van der Waals surface area contributed by atoms with E-state index < -0.39 is 0 Å². The lowest BCUT2D eigenvalue weighted by molar-refractivity contribution is 0.0792. The molecule has 1 heterocycles. The molecule has 1 aromatic rings. The Morgan fingerprint density at radius 2 is 1.67 bits per heavy atom. The van der Waals surface area contributed by atoms with Crippen LogP contribution in [0, 0.1) is 0 Å². The summed E-state index contributed by atoms with van der Waals surface area (Å²) in [6, 6.07) is 7.44.